The van der Waals surface area contributed by atoms with Crippen LogP contribution in [0.3, 0.4) is 0 Å². The molecule has 4 bridgehead atoms. The van der Waals surface area contributed by atoms with Crippen molar-refractivity contribution in [3.05, 3.63) is 132 Å². The molecule has 4 aromatic carbocycles. The van der Waals surface area contributed by atoms with Gasteiger partial charge in [0, 0.05) is 49.7 Å². The van der Waals surface area contributed by atoms with Gasteiger partial charge < -0.3 is 15.1 Å². The molecule has 4 aliphatic carbocycles. The minimum atomic E-state index is -4.84. The van der Waals surface area contributed by atoms with Crippen molar-refractivity contribution in [2.75, 3.05) is 27.8 Å². The van der Waals surface area contributed by atoms with E-state index in [0.717, 1.165) is 22.7 Å². The fraction of sp³-hybridized carbons (Fsp3) is 0.320. The molecule has 12 rings (SSSR count). The SMILES string of the molecule is CN(c1ccc2c(c1)S(=O)(=O)N=C(C1C(=O)C3C4C=CC(C4)C3N(Cc3ccc(F)cc3)C1=O)N2c1ccc2c(c1)S(=O)(=O)N=C(C1C(=O)C3C4C=CC(C4)C3N(Cc3ccc(F)cc3)C1=O)N2)S(C)(=O)=O. The van der Waals surface area contributed by atoms with E-state index in [1.807, 2.05) is 24.3 Å². The van der Waals surface area contributed by atoms with Crippen LogP contribution in [-0.2, 0) is 62.3 Å². The molecule has 22 heteroatoms. The zero-order chi connectivity index (χ0) is 50.5. The van der Waals surface area contributed by atoms with E-state index in [1.54, 1.807) is 4.90 Å². The number of allylic oxidation sites excluding steroid dienone is 2. The summed E-state index contributed by atoms with van der Waals surface area (Å²) in [5, 5.41) is 2.94. The lowest BCUT2D eigenvalue weighted by molar-refractivity contribution is -0.153. The number of benzene rings is 4. The van der Waals surface area contributed by atoms with Crippen molar-refractivity contribution in [1.82, 2.24) is 9.80 Å². The summed E-state index contributed by atoms with van der Waals surface area (Å²) in [7, 11) is -12.4. The van der Waals surface area contributed by atoms with Crippen LogP contribution in [0.15, 0.2) is 128 Å². The number of carbonyl (C=O) groups is 4. The van der Waals surface area contributed by atoms with Gasteiger partial charge in [-0.2, -0.15) is 16.8 Å². The van der Waals surface area contributed by atoms with Crippen LogP contribution in [0.1, 0.15) is 24.0 Å². The minimum Gasteiger partial charge on any atom is -0.341 e. The highest BCUT2D eigenvalue weighted by atomic mass is 32.2. The average molecular weight is 1040 g/mol. The summed E-state index contributed by atoms with van der Waals surface area (Å²) < 4.78 is 120. The molecule has 2 saturated heterocycles. The van der Waals surface area contributed by atoms with Gasteiger partial charge in [-0.25, -0.2) is 17.2 Å². The lowest BCUT2D eigenvalue weighted by Crippen LogP contribution is -2.61. The van der Waals surface area contributed by atoms with E-state index in [2.05, 4.69) is 14.1 Å². The first-order valence-electron chi connectivity index (χ1n) is 23.2. The lowest BCUT2D eigenvalue weighted by Gasteiger charge is -2.46. The summed E-state index contributed by atoms with van der Waals surface area (Å²) in [6.07, 6.45) is 9.87. The Hall–Kier alpha value is -6.91. The molecule has 4 heterocycles. The van der Waals surface area contributed by atoms with Gasteiger partial charge >= 0.3 is 0 Å². The number of piperidine rings is 2. The third-order valence-corrected chi connectivity index (χ3v) is 19.5. The smallest absolute Gasteiger partial charge is 0.286 e. The van der Waals surface area contributed by atoms with Gasteiger partial charge in [0.2, 0.25) is 21.8 Å². The first kappa shape index (κ1) is 46.2. The van der Waals surface area contributed by atoms with Crippen molar-refractivity contribution in [2.45, 2.75) is 47.8 Å². The van der Waals surface area contributed by atoms with Crippen LogP contribution in [-0.4, -0.2) is 95.5 Å². The van der Waals surface area contributed by atoms with Gasteiger partial charge in [0.25, 0.3) is 20.0 Å². The molecule has 10 atom stereocenters. The summed E-state index contributed by atoms with van der Waals surface area (Å²) in [5.74, 6) is -10.3. The number of nitrogens with one attached hydrogen (secondary N) is 1. The highest BCUT2D eigenvalue weighted by molar-refractivity contribution is 7.92. The number of halogens is 2. The molecule has 72 heavy (non-hydrogen) atoms. The standard InChI is InChI=1S/C50H43F2N7O10S3/c1-56(70(2,64)65)33-16-18-36-38(21-33)72(68,69)55-48(42-46(61)40-28-8-10-30(20-28)44(40)58(50(42)63)24-26-5-13-32(52)14-6-26)59(36)34-15-17-35-37(22-34)71(66,67)54-47(53-35)41-45(60)39-27-7-9-29(19-27)43(39)57(49(41)62)23-25-3-11-31(51)12-4-25/h3-18,21-22,27-30,39-44H,19-20,23-24H2,1-2H3,(H,53,54). The Morgan fingerprint density at radius 3 is 1.72 bits per heavy atom. The van der Waals surface area contributed by atoms with E-state index in [-0.39, 0.29) is 59.5 Å². The number of amides is 2. The number of nitrogens with zero attached hydrogens (tertiary/aromatic N) is 6. The number of anilines is 4. The molecule has 2 saturated carbocycles. The van der Waals surface area contributed by atoms with Gasteiger partial charge in [0.05, 0.1) is 23.3 Å². The summed E-state index contributed by atoms with van der Waals surface area (Å²) >= 11 is 0. The number of Topliss-reactive ketones (excluding diaryl/α,β-unsaturated/α-hetero) is 2. The Kier molecular flexibility index (Phi) is 10.3. The number of hydrogen-bond acceptors (Lipinski definition) is 12. The number of hydrogen-bond donors (Lipinski definition) is 1. The predicted molar refractivity (Wildman–Crippen MR) is 258 cm³/mol. The molecule has 4 aliphatic heterocycles. The van der Waals surface area contributed by atoms with Crippen LogP contribution in [0, 0.1) is 59.0 Å². The second-order valence-corrected chi connectivity index (χ2v) is 24.8. The quantitative estimate of drug-likeness (QED) is 0.174. The van der Waals surface area contributed by atoms with Crippen molar-refractivity contribution in [2.24, 2.45) is 56.1 Å². The first-order valence-corrected chi connectivity index (χ1v) is 27.9. The molecular formula is C50H43F2N7O10S3. The first-order chi connectivity index (χ1) is 34.2. The van der Waals surface area contributed by atoms with Crippen LogP contribution in [0.4, 0.5) is 31.5 Å². The Labute approximate surface area is 412 Å². The third-order valence-electron chi connectivity index (χ3n) is 15.7. The number of sulfonamides is 3. The highest BCUT2D eigenvalue weighted by Gasteiger charge is 2.62. The average Bonchev–Trinajstić information content (AvgIpc) is 4.16. The third kappa shape index (κ3) is 7.10. The second-order valence-electron chi connectivity index (χ2n) is 19.7. The monoisotopic (exact) mass is 1040 g/mol. The van der Waals surface area contributed by atoms with E-state index >= 15 is 9.59 Å². The number of ketones is 2. The van der Waals surface area contributed by atoms with Crippen LogP contribution in [0.25, 0.3) is 0 Å². The Bertz CT molecular complexity index is 3590. The maximum Gasteiger partial charge on any atom is 0.286 e. The Balaban J connectivity index is 0.957. The summed E-state index contributed by atoms with van der Waals surface area (Å²) in [5.41, 5.74) is 0.702. The van der Waals surface area contributed by atoms with Gasteiger partial charge in [-0.15, -0.1) is 8.80 Å². The Morgan fingerprint density at radius 1 is 0.653 bits per heavy atom. The fourth-order valence-electron chi connectivity index (χ4n) is 12.4. The molecular weight excluding hydrogens is 993 g/mol. The molecule has 10 unspecified atom stereocenters. The maximum atomic E-state index is 15.1. The van der Waals surface area contributed by atoms with Gasteiger partial charge in [0.1, 0.15) is 33.1 Å². The fourth-order valence-corrected chi connectivity index (χ4v) is 15.3. The number of rotatable bonds is 9. The largest absolute Gasteiger partial charge is 0.341 e. The molecule has 2 amide bonds. The minimum absolute atomic E-state index is 0.0272. The van der Waals surface area contributed by atoms with E-state index in [1.165, 1.54) is 89.6 Å². The van der Waals surface area contributed by atoms with Crippen molar-refractivity contribution in [3.63, 3.8) is 0 Å². The van der Waals surface area contributed by atoms with E-state index in [4.69, 9.17) is 0 Å². The zero-order valence-electron chi connectivity index (χ0n) is 38.2. The van der Waals surface area contributed by atoms with Crippen LogP contribution in [0.2, 0.25) is 0 Å². The van der Waals surface area contributed by atoms with Gasteiger partial charge in [0.15, 0.2) is 23.4 Å². The van der Waals surface area contributed by atoms with Crippen LogP contribution < -0.4 is 14.5 Å². The topological polar surface area (TPSA) is 220 Å². The zero-order valence-corrected chi connectivity index (χ0v) is 40.7. The molecule has 0 spiro atoms. The molecule has 8 aliphatic rings. The molecule has 370 valence electrons. The number of carbonyl (C=O) groups excluding carboxylic acids is 4. The summed E-state index contributed by atoms with van der Waals surface area (Å²) in [6.45, 7) is -0.0310. The van der Waals surface area contributed by atoms with E-state index in [9.17, 15) is 43.6 Å². The van der Waals surface area contributed by atoms with Gasteiger partial charge in [-0.3, -0.25) is 28.4 Å². The van der Waals surface area contributed by atoms with Crippen molar-refractivity contribution in [1.29, 1.82) is 0 Å². The number of amidine groups is 2. The van der Waals surface area contributed by atoms with E-state index < -0.39 is 122 Å². The second kappa shape index (κ2) is 16.0. The molecule has 4 aromatic rings. The normalized spacial score (nSPS) is 30.1. The molecule has 17 nitrogen and oxygen atoms in total. The van der Waals surface area contributed by atoms with Gasteiger partial charge in [-0.1, -0.05) is 48.6 Å². The molecule has 0 aromatic heterocycles. The van der Waals surface area contributed by atoms with E-state index in [0.29, 0.717) is 24.0 Å². The molecule has 0 radical (unpaired) electrons. The number of fused-ring (bicyclic) bond motifs is 12. The predicted octanol–water partition coefficient (Wildman–Crippen LogP) is 4.95. The Morgan fingerprint density at radius 2 is 1.17 bits per heavy atom. The molecule has 4 fully saturated rings. The van der Waals surface area contributed by atoms with Crippen LogP contribution in [0.5, 0.6) is 0 Å². The molecule has 1 N–H and O–H groups in total. The van der Waals surface area contributed by atoms with Crippen molar-refractivity contribution >= 4 is 87.9 Å². The van der Waals surface area contributed by atoms with Crippen LogP contribution >= 0.6 is 0 Å². The highest BCUT2D eigenvalue weighted by Crippen LogP contribution is 2.53. The lowest BCUT2D eigenvalue weighted by atomic mass is 9.75. The van der Waals surface area contributed by atoms with Crippen molar-refractivity contribution < 1.29 is 53.2 Å². The van der Waals surface area contributed by atoms with Gasteiger partial charge in [-0.05, 0) is 108 Å². The summed E-state index contributed by atoms with van der Waals surface area (Å²) in [4.78, 5) is 62.5. The van der Waals surface area contributed by atoms with Crippen molar-refractivity contribution in [3.8, 4) is 0 Å². The summed E-state index contributed by atoms with van der Waals surface area (Å²) in [6, 6.07) is 17.5. The maximum absolute atomic E-state index is 15.1. The number of likely N-dealkylation sites (tertiary alicyclic amines) is 2.